The van der Waals surface area contributed by atoms with Crippen LogP contribution in [0.2, 0.25) is 0 Å². The van der Waals surface area contributed by atoms with Gasteiger partial charge in [0, 0.05) is 57.5 Å². The number of fused-ring (bicyclic) bond motifs is 1. The molecule has 7 bridgehead atoms. The molecule has 8 nitrogen and oxygen atoms in total. The van der Waals surface area contributed by atoms with Crippen LogP contribution >= 0.6 is 0 Å². The van der Waals surface area contributed by atoms with Gasteiger partial charge in [-0.3, -0.25) is 4.90 Å². The number of likely N-dealkylation sites (tertiary alicyclic amines) is 1. The van der Waals surface area contributed by atoms with Crippen LogP contribution in [0.5, 0.6) is 0 Å². The fourth-order valence-electron chi connectivity index (χ4n) is 13.2. The second kappa shape index (κ2) is 10.1. The van der Waals surface area contributed by atoms with Gasteiger partial charge in [-0.15, -0.1) is 0 Å². The van der Waals surface area contributed by atoms with Crippen molar-refractivity contribution >= 4 is 5.97 Å². The van der Waals surface area contributed by atoms with E-state index in [1.807, 2.05) is 63.8 Å². The third-order valence-electron chi connectivity index (χ3n) is 14.3. The molecule has 2 aromatic rings. The highest BCUT2D eigenvalue weighted by Gasteiger charge is 2.94. The number of esters is 1. The van der Waals surface area contributed by atoms with Crippen LogP contribution < -0.4 is 0 Å². The Bertz CT molecular complexity index is 1520. The molecule has 2 heterocycles. The first-order valence-electron chi connectivity index (χ1n) is 17.3. The van der Waals surface area contributed by atoms with Gasteiger partial charge in [-0.2, -0.15) is 0 Å². The largest absolute Gasteiger partial charge is 0.455 e. The van der Waals surface area contributed by atoms with E-state index < -0.39 is 17.3 Å². The van der Waals surface area contributed by atoms with E-state index in [9.17, 15) is 4.79 Å². The molecule has 3 spiro atoms. The molecule has 7 fully saturated rings. The maximum atomic E-state index is 14.4. The van der Waals surface area contributed by atoms with Crippen molar-refractivity contribution in [3.63, 3.8) is 0 Å². The summed E-state index contributed by atoms with van der Waals surface area (Å²) in [5.41, 5.74) is 0.781. The predicted molar refractivity (Wildman–Crippen MR) is 170 cm³/mol. The summed E-state index contributed by atoms with van der Waals surface area (Å²) in [5.74, 6) is 0.395. The zero-order chi connectivity index (χ0) is 31.6. The lowest BCUT2D eigenvalue weighted by Crippen LogP contribution is -2.81. The van der Waals surface area contributed by atoms with Gasteiger partial charge >= 0.3 is 5.97 Å². The molecule has 13 atom stereocenters. The molecule has 0 amide bonds. The summed E-state index contributed by atoms with van der Waals surface area (Å²) in [6, 6.07) is 18.0. The lowest BCUT2D eigenvalue weighted by atomic mass is 9.43. The highest BCUT2D eigenvalue weighted by atomic mass is 16.7. The molecule has 2 aliphatic heterocycles. The van der Waals surface area contributed by atoms with Gasteiger partial charge in [0.2, 0.25) is 0 Å². The quantitative estimate of drug-likeness (QED) is 0.388. The fraction of sp³-hybridized carbons (Fsp3) is 0.658. The Morgan fingerprint density at radius 1 is 0.978 bits per heavy atom. The number of benzene rings is 2. The van der Waals surface area contributed by atoms with E-state index in [0.29, 0.717) is 12.0 Å². The van der Waals surface area contributed by atoms with E-state index in [2.05, 4.69) is 30.9 Å². The summed E-state index contributed by atoms with van der Waals surface area (Å²) in [4.78, 5) is 17.1. The van der Waals surface area contributed by atoms with E-state index in [1.165, 1.54) is 0 Å². The zero-order valence-corrected chi connectivity index (χ0v) is 27.6. The van der Waals surface area contributed by atoms with Gasteiger partial charge in [0.15, 0.2) is 5.60 Å². The molecule has 0 unspecified atom stereocenters. The first kappa shape index (κ1) is 29.8. The second-order valence-corrected chi connectivity index (χ2v) is 15.4. The van der Waals surface area contributed by atoms with Crippen molar-refractivity contribution in [2.75, 3.05) is 41.2 Å². The zero-order valence-electron chi connectivity index (χ0n) is 27.6. The predicted octanol–water partition coefficient (Wildman–Crippen LogP) is 5.20. The monoisotopic (exact) mass is 629 g/mol. The Hall–Kier alpha value is -2.33. The molecular formula is C38H47NO7. The maximum Gasteiger partial charge on any atom is 0.338 e. The molecule has 7 aliphatic rings. The second-order valence-electron chi connectivity index (χ2n) is 15.4. The van der Waals surface area contributed by atoms with Crippen LogP contribution in [0.3, 0.4) is 0 Å². The number of piperidine rings is 1. The Balaban J connectivity index is 1.22. The molecule has 0 aromatic heterocycles. The number of likely N-dealkylation sites (N-methyl/N-ethyl adjacent to an activating group) is 1. The Kier molecular flexibility index (Phi) is 6.54. The van der Waals surface area contributed by atoms with Gasteiger partial charge in [0.1, 0.15) is 18.5 Å². The van der Waals surface area contributed by atoms with Crippen LogP contribution in [0.25, 0.3) is 11.1 Å². The topological polar surface area (TPSA) is 75.7 Å². The first-order chi connectivity index (χ1) is 22.3. The number of rotatable bonds is 7. The van der Waals surface area contributed by atoms with Crippen LogP contribution in [-0.2, 0) is 28.4 Å². The molecule has 0 N–H and O–H groups in total. The summed E-state index contributed by atoms with van der Waals surface area (Å²) in [7, 11) is 5.55. The van der Waals surface area contributed by atoms with Crippen molar-refractivity contribution in [1.29, 1.82) is 0 Å². The minimum absolute atomic E-state index is 0.0119. The van der Waals surface area contributed by atoms with Crippen molar-refractivity contribution in [2.24, 2.45) is 34.5 Å². The lowest BCUT2D eigenvalue weighted by Gasteiger charge is -2.69. The van der Waals surface area contributed by atoms with Crippen molar-refractivity contribution < 1.29 is 33.2 Å². The molecule has 0 radical (unpaired) electrons. The smallest absolute Gasteiger partial charge is 0.338 e. The van der Waals surface area contributed by atoms with E-state index in [1.54, 1.807) is 0 Å². The third kappa shape index (κ3) is 3.29. The number of ether oxygens (including phenoxy) is 6. The Morgan fingerprint density at radius 2 is 1.74 bits per heavy atom. The fourth-order valence-corrected chi connectivity index (χ4v) is 13.2. The van der Waals surface area contributed by atoms with E-state index in [4.69, 9.17) is 28.4 Å². The molecule has 246 valence electrons. The van der Waals surface area contributed by atoms with Gasteiger partial charge in [0.25, 0.3) is 0 Å². The Morgan fingerprint density at radius 3 is 2.43 bits per heavy atom. The van der Waals surface area contributed by atoms with E-state index >= 15 is 0 Å². The number of carbonyl (C=O) groups excluding carboxylic acids is 1. The molecule has 2 aromatic carbocycles. The summed E-state index contributed by atoms with van der Waals surface area (Å²) in [6.07, 6.45) is 3.16. The number of methoxy groups -OCH3 is 3. The van der Waals surface area contributed by atoms with Crippen molar-refractivity contribution in [3.8, 4) is 11.1 Å². The number of hydrogen-bond acceptors (Lipinski definition) is 8. The van der Waals surface area contributed by atoms with E-state index in [0.717, 1.165) is 43.5 Å². The van der Waals surface area contributed by atoms with Crippen molar-refractivity contribution in [1.82, 2.24) is 4.90 Å². The molecule has 9 rings (SSSR count). The third-order valence-corrected chi connectivity index (χ3v) is 14.3. The number of nitrogens with zero attached hydrogens (tertiary/aromatic N) is 1. The number of hydrogen-bond donors (Lipinski definition) is 0. The van der Waals surface area contributed by atoms with Gasteiger partial charge in [-0.05, 0) is 60.4 Å². The van der Waals surface area contributed by atoms with Gasteiger partial charge in [0.05, 0.1) is 29.9 Å². The van der Waals surface area contributed by atoms with E-state index in [-0.39, 0.29) is 71.6 Å². The molecule has 5 saturated carbocycles. The van der Waals surface area contributed by atoms with Gasteiger partial charge < -0.3 is 28.4 Å². The van der Waals surface area contributed by atoms with Gasteiger partial charge in [-0.1, -0.05) is 56.3 Å². The molecular weight excluding hydrogens is 582 g/mol. The van der Waals surface area contributed by atoms with Crippen LogP contribution in [0.4, 0.5) is 0 Å². The normalized spacial score (nSPS) is 47.9. The highest BCUT2D eigenvalue weighted by Crippen LogP contribution is 2.82. The lowest BCUT2D eigenvalue weighted by molar-refractivity contribution is -0.282. The molecule has 8 heteroatoms. The summed E-state index contributed by atoms with van der Waals surface area (Å²) < 4.78 is 40.5. The first-order valence-corrected chi connectivity index (χ1v) is 17.3. The van der Waals surface area contributed by atoms with Crippen LogP contribution in [0.15, 0.2) is 54.6 Å². The molecule has 5 aliphatic carbocycles. The average Bonchev–Trinajstić information content (AvgIpc) is 3.67. The summed E-state index contributed by atoms with van der Waals surface area (Å²) >= 11 is 0. The summed E-state index contributed by atoms with van der Waals surface area (Å²) in [6.45, 7) is 6.70. The maximum absolute atomic E-state index is 14.4. The van der Waals surface area contributed by atoms with Crippen molar-refractivity contribution in [3.05, 3.63) is 60.2 Å². The van der Waals surface area contributed by atoms with Crippen LogP contribution in [-0.4, -0.2) is 93.7 Å². The Labute approximate surface area is 272 Å². The highest BCUT2D eigenvalue weighted by molar-refractivity contribution is 5.90. The minimum atomic E-state index is -0.879. The summed E-state index contributed by atoms with van der Waals surface area (Å²) in [5, 5.41) is 0. The molecule has 2 saturated heterocycles. The van der Waals surface area contributed by atoms with Gasteiger partial charge in [-0.25, -0.2) is 4.79 Å². The van der Waals surface area contributed by atoms with Crippen LogP contribution in [0.1, 0.15) is 49.9 Å². The van der Waals surface area contributed by atoms with Crippen molar-refractivity contribution in [2.45, 2.75) is 81.2 Å². The number of carbonyl (C=O) groups is 1. The average molecular weight is 630 g/mol. The molecule has 46 heavy (non-hydrogen) atoms. The van der Waals surface area contributed by atoms with Crippen LogP contribution in [0, 0.1) is 34.5 Å². The SMILES string of the molecule is CCN1C[C@]2(C)CC[C@H](OC)[C@]34[C@@H]5C[C@H]6[C@H](OC)[C@@H]5[C@@]5(C[C@@H]6OC)OCO[C@]5([C@H]13)[C@@H](OC(=O)c1ccc(-c3ccccc3)cc1)[C@H]24. The minimum Gasteiger partial charge on any atom is -0.455 e. The standard InChI is InChI=1S/C38H47NO7/c1-6-39-20-35(2)17-16-28(42-4)37-26-18-25-27(41-3)19-36(29(26)30(25)43-5)38(34(37)39,45-21-44-36)32(31(35)37)46-33(40)24-14-12-23(13-15-24)22-10-8-7-9-11-22/h7-15,25-32,34H,6,16-21H2,1-5H3/t25-,26-,27+,28+,29-,30+,31-,32+,34-,35+,36-,37+,38+/m1/s1.